The molecule has 4 heteroatoms. The maximum Gasteiger partial charge on any atom is 0.0478 e. The molecule has 0 fully saturated rings. The fourth-order valence-corrected chi connectivity index (χ4v) is 2.35. The second-order valence-electron chi connectivity index (χ2n) is 5.00. The minimum atomic E-state index is 0.767. The number of aromatic amines is 1. The Labute approximate surface area is 125 Å². The Hall–Kier alpha value is -1.03. The number of fused-ring (bicyclic) bond motifs is 1. The maximum absolute atomic E-state index is 5.98. The van der Waals surface area contributed by atoms with Gasteiger partial charge in [0.25, 0.3) is 0 Å². The Morgan fingerprint density at radius 1 is 1.25 bits per heavy atom. The Morgan fingerprint density at radius 3 is 2.95 bits per heavy atom. The molecule has 0 spiro atoms. The number of unbranched alkanes of at least 4 members (excludes halogenated alkanes) is 1. The number of aromatic nitrogens is 1. The van der Waals surface area contributed by atoms with Crippen molar-refractivity contribution in [3.05, 3.63) is 35.0 Å². The summed E-state index contributed by atoms with van der Waals surface area (Å²) in [5.41, 5.74) is 2.38. The molecule has 2 rings (SSSR count). The average Bonchev–Trinajstić information content (AvgIpc) is 2.84. The molecule has 110 valence electrons. The van der Waals surface area contributed by atoms with Crippen molar-refractivity contribution in [3.63, 3.8) is 0 Å². The summed E-state index contributed by atoms with van der Waals surface area (Å²) in [4.78, 5) is 3.26. The molecule has 0 radical (unpaired) electrons. The first-order valence-electron chi connectivity index (χ1n) is 7.35. The van der Waals surface area contributed by atoms with Crippen molar-refractivity contribution in [2.75, 3.05) is 19.8 Å². The van der Waals surface area contributed by atoms with Crippen molar-refractivity contribution in [2.24, 2.45) is 0 Å². The van der Waals surface area contributed by atoms with Gasteiger partial charge in [0.05, 0.1) is 0 Å². The lowest BCUT2D eigenvalue weighted by molar-refractivity contribution is 0.129. The van der Waals surface area contributed by atoms with E-state index in [1.54, 1.807) is 0 Å². The van der Waals surface area contributed by atoms with Gasteiger partial charge >= 0.3 is 0 Å². The highest BCUT2D eigenvalue weighted by molar-refractivity contribution is 6.31. The summed E-state index contributed by atoms with van der Waals surface area (Å²) >= 11 is 5.98. The second kappa shape index (κ2) is 8.30. The highest BCUT2D eigenvalue weighted by Crippen LogP contribution is 2.21. The van der Waals surface area contributed by atoms with E-state index >= 15 is 0 Å². The first kappa shape index (κ1) is 15.4. The SMILES string of the molecule is CCCCOCCCNCc1c[nH]c2cc(Cl)ccc12. The molecule has 20 heavy (non-hydrogen) atoms. The predicted molar refractivity (Wildman–Crippen MR) is 85.4 cm³/mol. The van der Waals surface area contributed by atoms with Crippen LogP contribution in [0.15, 0.2) is 24.4 Å². The highest BCUT2D eigenvalue weighted by Gasteiger charge is 2.03. The Bertz CT molecular complexity index is 524. The largest absolute Gasteiger partial charge is 0.381 e. The van der Waals surface area contributed by atoms with E-state index in [1.165, 1.54) is 17.4 Å². The topological polar surface area (TPSA) is 37.0 Å². The van der Waals surface area contributed by atoms with Crippen LogP contribution in [0.5, 0.6) is 0 Å². The zero-order valence-corrected chi connectivity index (χ0v) is 12.8. The van der Waals surface area contributed by atoms with Gasteiger partial charge in [-0.15, -0.1) is 0 Å². The number of ether oxygens (including phenoxy) is 1. The first-order chi connectivity index (χ1) is 9.81. The molecule has 0 atom stereocenters. The van der Waals surface area contributed by atoms with E-state index in [9.17, 15) is 0 Å². The lowest BCUT2D eigenvalue weighted by Gasteiger charge is -2.05. The van der Waals surface area contributed by atoms with Gasteiger partial charge in [-0.2, -0.15) is 0 Å². The summed E-state index contributed by atoms with van der Waals surface area (Å²) in [6, 6.07) is 5.96. The summed E-state index contributed by atoms with van der Waals surface area (Å²) in [7, 11) is 0. The van der Waals surface area contributed by atoms with Crippen molar-refractivity contribution >= 4 is 22.5 Å². The van der Waals surface area contributed by atoms with Gasteiger partial charge in [0, 0.05) is 41.9 Å². The molecule has 1 heterocycles. The van der Waals surface area contributed by atoms with Gasteiger partial charge in [0.2, 0.25) is 0 Å². The van der Waals surface area contributed by atoms with E-state index in [-0.39, 0.29) is 0 Å². The van der Waals surface area contributed by atoms with Gasteiger partial charge in [0.15, 0.2) is 0 Å². The second-order valence-corrected chi connectivity index (χ2v) is 5.44. The lowest BCUT2D eigenvalue weighted by Crippen LogP contribution is -2.16. The van der Waals surface area contributed by atoms with E-state index in [4.69, 9.17) is 16.3 Å². The standard InChI is InChI=1S/C16H23ClN2O/c1-2-3-8-20-9-4-7-18-11-13-12-19-16-10-14(17)5-6-15(13)16/h5-6,10,12,18-19H,2-4,7-9,11H2,1H3. The summed E-state index contributed by atoms with van der Waals surface area (Å²) < 4.78 is 5.53. The van der Waals surface area contributed by atoms with Crippen LogP contribution in [0.4, 0.5) is 0 Å². The van der Waals surface area contributed by atoms with Crippen molar-refractivity contribution in [3.8, 4) is 0 Å². The fourth-order valence-electron chi connectivity index (χ4n) is 2.18. The minimum absolute atomic E-state index is 0.767. The van der Waals surface area contributed by atoms with Crippen LogP contribution in [0.2, 0.25) is 5.02 Å². The number of hydrogen-bond donors (Lipinski definition) is 2. The number of nitrogens with one attached hydrogen (secondary N) is 2. The summed E-state index contributed by atoms with van der Waals surface area (Å²) in [6.45, 7) is 5.76. The van der Waals surface area contributed by atoms with Crippen LogP contribution in [0.1, 0.15) is 31.7 Å². The van der Waals surface area contributed by atoms with Crippen molar-refractivity contribution in [1.82, 2.24) is 10.3 Å². The Kier molecular flexibility index (Phi) is 6.37. The van der Waals surface area contributed by atoms with Gasteiger partial charge in [-0.05, 0) is 37.1 Å². The predicted octanol–water partition coefficient (Wildman–Crippen LogP) is 4.12. The summed E-state index contributed by atoms with van der Waals surface area (Å²) in [5.74, 6) is 0. The number of hydrogen-bond acceptors (Lipinski definition) is 2. The van der Waals surface area contributed by atoms with Crippen LogP contribution in [-0.2, 0) is 11.3 Å². The molecule has 0 aliphatic heterocycles. The third-order valence-corrected chi connectivity index (χ3v) is 3.56. The highest BCUT2D eigenvalue weighted by atomic mass is 35.5. The van der Waals surface area contributed by atoms with Crippen molar-refractivity contribution in [1.29, 1.82) is 0 Å². The molecule has 0 unspecified atom stereocenters. The minimum Gasteiger partial charge on any atom is -0.381 e. The van der Waals surface area contributed by atoms with Crippen LogP contribution in [0.3, 0.4) is 0 Å². The molecule has 0 bridgehead atoms. The van der Waals surface area contributed by atoms with E-state index < -0.39 is 0 Å². The first-order valence-corrected chi connectivity index (χ1v) is 7.73. The average molecular weight is 295 g/mol. The number of H-pyrrole nitrogens is 1. The van der Waals surface area contributed by atoms with Gasteiger partial charge in [-0.1, -0.05) is 31.0 Å². The normalized spacial score (nSPS) is 11.3. The van der Waals surface area contributed by atoms with Gasteiger partial charge in [-0.3, -0.25) is 0 Å². The van der Waals surface area contributed by atoms with Crippen LogP contribution in [-0.4, -0.2) is 24.7 Å². The quantitative estimate of drug-likeness (QED) is 0.683. The zero-order chi connectivity index (χ0) is 14.2. The van der Waals surface area contributed by atoms with Crippen LogP contribution in [0, 0.1) is 0 Å². The molecule has 0 saturated carbocycles. The zero-order valence-electron chi connectivity index (χ0n) is 12.0. The van der Waals surface area contributed by atoms with E-state index in [1.807, 2.05) is 18.3 Å². The van der Waals surface area contributed by atoms with Gasteiger partial charge in [-0.25, -0.2) is 0 Å². The van der Waals surface area contributed by atoms with Crippen LogP contribution < -0.4 is 5.32 Å². The van der Waals surface area contributed by atoms with Crippen LogP contribution in [0.25, 0.3) is 10.9 Å². The van der Waals surface area contributed by atoms with Crippen molar-refractivity contribution < 1.29 is 4.74 Å². The van der Waals surface area contributed by atoms with Crippen molar-refractivity contribution in [2.45, 2.75) is 32.7 Å². The molecule has 2 aromatic rings. The molecule has 0 aliphatic carbocycles. The third-order valence-electron chi connectivity index (χ3n) is 3.33. The monoisotopic (exact) mass is 294 g/mol. The maximum atomic E-state index is 5.98. The molecular formula is C16H23ClN2O. The number of benzene rings is 1. The molecular weight excluding hydrogens is 272 g/mol. The lowest BCUT2D eigenvalue weighted by atomic mass is 10.2. The van der Waals surface area contributed by atoms with Gasteiger partial charge in [0.1, 0.15) is 0 Å². The summed E-state index contributed by atoms with van der Waals surface area (Å²) in [5, 5.41) is 5.46. The number of halogens is 1. The van der Waals surface area contributed by atoms with E-state index in [0.717, 1.165) is 49.7 Å². The van der Waals surface area contributed by atoms with E-state index in [2.05, 4.69) is 23.3 Å². The molecule has 2 N–H and O–H groups in total. The Morgan fingerprint density at radius 2 is 2.10 bits per heavy atom. The Balaban J connectivity index is 1.68. The van der Waals surface area contributed by atoms with Crippen LogP contribution >= 0.6 is 11.6 Å². The molecule has 0 saturated heterocycles. The van der Waals surface area contributed by atoms with Gasteiger partial charge < -0.3 is 15.0 Å². The van der Waals surface area contributed by atoms with E-state index in [0.29, 0.717) is 0 Å². The molecule has 1 aromatic heterocycles. The molecule has 3 nitrogen and oxygen atoms in total. The molecule has 0 amide bonds. The smallest absolute Gasteiger partial charge is 0.0478 e. The summed E-state index contributed by atoms with van der Waals surface area (Å²) in [6.07, 6.45) is 5.46. The molecule has 0 aliphatic rings. The third kappa shape index (κ3) is 4.51. The molecule has 1 aromatic carbocycles. The number of rotatable bonds is 9. The fraction of sp³-hybridized carbons (Fsp3) is 0.500.